The van der Waals surface area contributed by atoms with E-state index in [2.05, 4.69) is 36.3 Å². The lowest BCUT2D eigenvalue weighted by atomic mass is 10.0. The van der Waals surface area contributed by atoms with Crippen LogP contribution in [0.15, 0.2) is 48.5 Å². The van der Waals surface area contributed by atoms with Gasteiger partial charge in [0, 0.05) is 11.1 Å². The molecule has 0 radical (unpaired) electrons. The van der Waals surface area contributed by atoms with Gasteiger partial charge in [-0.05, 0) is 75.2 Å². The number of amides is 2. The second kappa shape index (κ2) is 21.5. The number of nitrogens with one attached hydrogen (secondary N) is 2. The maximum atomic E-state index is 14.0. The second-order valence-corrected chi connectivity index (χ2v) is 11.8. The molecule has 10 heteroatoms. The molecule has 0 heterocycles. The first-order valence-electron chi connectivity index (χ1n) is 17.8. The molecule has 0 unspecified atom stereocenters. The van der Waals surface area contributed by atoms with Gasteiger partial charge in [-0.3, -0.25) is 9.59 Å². The van der Waals surface area contributed by atoms with E-state index in [1.54, 1.807) is 26.0 Å². The van der Waals surface area contributed by atoms with Crippen molar-refractivity contribution < 1.29 is 38.1 Å². The highest BCUT2D eigenvalue weighted by Crippen LogP contribution is 2.33. The zero-order valence-electron chi connectivity index (χ0n) is 30.5. The van der Waals surface area contributed by atoms with Gasteiger partial charge in [-0.15, -0.1) is 12.8 Å². The molecule has 0 aliphatic carbocycles. The number of terminal acetylenes is 2. The number of hydrogen-bond acceptors (Lipinski definition) is 8. The number of esters is 2. The fourth-order valence-electron chi connectivity index (χ4n) is 5.20. The van der Waals surface area contributed by atoms with Crippen LogP contribution in [0.2, 0.25) is 0 Å². The zero-order chi connectivity index (χ0) is 37.9. The van der Waals surface area contributed by atoms with Crippen molar-refractivity contribution in [3.05, 3.63) is 81.9 Å². The topological polar surface area (TPSA) is 129 Å². The molecule has 0 aliphatic heterocycles. The number of rotatable bonds is 20. The molecule has 3 rings (SSSR count). The van der Waals surface area contributed by atoms with Gasteiger partial charge in [0.25, 0.3) is 11.8 Å². The smallest absolute Gasteiger partial charge is 0.340 e. The van der Waals surface area contributed by atoms with Crippen LogP contribution in [0.4, 0.5) is 11.4 Å². The summed E-state index contributed by atoms with van der Waals surface area (Å²) in [6.45, 7) is 8.37. The van der Waals surface area contributed by atoms with Crippen LogP contribution in [0.25, 0.3) is 0 Å². The fourth-order valence-corrected chi connectivity index (χ4v) is 5.20. The van der Waals surface area contributed by atoms with Crippen LogP contribution in [0.5, 0.6) is 11.5 Å². The quantitative estimate of drug-likeness (QED) is 0.0680. The van der Waals surface area contributed by atoms with Crippen molar-refractivity contribution in [1.29, 1.82) is 0 Å². The third-order valence-corrected chi connectivity index (χ3v) is 7.94. The molecule has 0 spiro atoms. The maximum absolute atomic E-state index is 14.0. The molecule has 0 aliphatic rings. The van der Waals surface area contributed by atoms with Crippen LogP contribution in [-0.2, 0) is 9.47 Å². The first kappa shape index (κ1) is 40.7. The highest BCUT2D eigenvalue weighted by molar-refractivity contribution is 6.13. The lowest BCUT2D eigenvalue weighted by Gasteiger charge is -2.19. The summed E-state index contributed by atoms with van der Waals surface area (Å²) < 4.78 is 22.7. The SMILES string of the molecule is C#Cc1ccc(NC(=O)c2cc(OCCCCCC)c(C(=O)Nc3ccc(C#C)cc3C(=O)OCC)cc2OCCCCCC)c(C(=O)OCC)c1. The van der Waals surface area contributed by atoms with Crippen molar-refractivity contribution in [2.75, 3.05) is 37.1 Å². The third kappa shape index (κ3) is 11.7. The second-order valence-electron chi connectivity index (χ2n) is 11.8. The average Bonchev–Trinajstić information content (AvgIpc) is 3.15. The van der Waals surface area contributed by atoms with Crippen LogP contribution in [0.3, 0.4) is 0 Å². The summed E-state index contributed by atoms with van der Waals surface area (Å²) in [6.07, 6.45) is 18.5. The Kier molecular flexibility index (Phi) is 16.8. The molecule has 0 atom stereocenters. The molecule has 2 N–H and O–H groups in total. The Morgan fingerprint density at radius 1 is 0.558 bits per heavy atom. The molecule has 2 amide bonds. The fraction of sp³-hybridized carbons (Fsp3) is 0.381. The number of hydrogen-bond donors (Lipinski definition) is 2. The third-order valence-electron chi connectivity index (χ3n) is 7.94. The van der Waals surface area contributed by atoms with Crippen molar-refractivity contribution in [2.24, 2.45) is 0 Å². The minimum Gasteiger partial charge on any atom is -0.493 e. The van der Waals surface area contributed by atoms with Gasteiger partial charge >= 0.3 is 11.9 Å². The predicted molar refractivity (Wildman–Crippen MR) is 202 cm³/mol. The van der Waals surface area contributed by atoms with E-state index < -0.39 is 23.8 Å². The lowest BCUT2D eigenvalue weighted by Crippen LogP contribution is -2.20. The molecule has 0 aromatic heterocycles. The molecule has 0 saturated heterocycles. The van der Waals surface area contributed by atoms with Crippen molar-refractivity contribution in [2.45, 2.75) is 79.1 Å². The van der Waals surface area contributed by atoms with Gasteiger partial charge in [-0.25, -0.2) is 9.59 Å². The number of unbranched alkanes of at least 4 members (excludes halogenated alkanes) is 6. The van der Waals surface area contributed by atoms with E-state index in [9.17, 15) is 19.2 Å². The van der Waals surface area contributed by atoms with Gasteiger partial charge in [-0.2, -0.15) is 0 Å². The summed E-state index contributed by atoms with van der Waals surface area (Å²) in [4.78, 5) is 53.7. The largest absolute Gasteiger partial charge is 0.493 e. The Balaban J connectivity index is 2.12. The van der Waals surface area contributed by atoms with E-state index in [0.29, 0.717) is 11.1 Å². The summed E-state index contributed by atoms with van der Waals surface area (Å²) in [5.74, 6) is 2.71. The highest BCUT2D eigenvalue weighted by atomic mass is 16.5. The van der Waals surface area contributed by atoms with Crippen LogP contribution in [-0.4, -0.2) is 50.2 Å². The van der Waals surface area contributed by atoms with E-state index in [1.165, 1.54) is 36.4 Å². The van der Waals surface area contributed by atoms with Crippen molar-refractivity contribution >= 4 is 35.1 Å². The lowest BCUT2D eigenvalue weighted by molar-refractivity contribution is 0.0517. The zero-order valence-corrected chi connectivity index (χ0v) is 30.5. The normalized spacial score (nSPS) is 10.3. The van der Waals surface area contributed by atoms with Gasteiger partial charge in [0.1, 0.15) is 11.5 Å². The minimum atomic E-state index is -0.650. The van der Waals surface area contributed by atoms with E-state index in [-0.39, 0.29) is 71.6 Å². The summed E-state index contributed by atoms with van der Waals surface area (Å²) in [6, 6.07) is 12.1. The molecule has 10 nitrogen and oxygen atoms in total. The summed E-state index contributed by atoms with van der Waals surface area (Å²) in [5, 5.41) is 5.60. The van der Waals surface area contributed by atoms with Crippen LogP contribution < -0.4 is 20.1 Å². The Bertz CT molecular complexity index is 1670. The van der Waals surface area contributed by atoms with Crippen molar-refractivity contribution in [3.8, 4) is 36.2 Å². The molecule has 52 heavy (non-hydrogen) atoms. The number of ether oxygens (including phenoxy) is 4. The molecular weight excluding hydrogens is 660 g/mol. The van der Waals surface area contributed by atoms with Crippen molar-refractivity contribution in [3.63, 3.8) is 0 Å². The van der Waals surface area contributed by atoms with E-state index >= 15 is 0 Å². The Morgan fingerprint density at radius 2 is 0.962 bits per heavy atom. The summed E-state index contributed by atoms with van der Waals surface area (Å²) >= 11 is 0. The van der Waals surface area contributed by atoms with E-state index in [0.717, 1.165) is 51.4 Å². The van der Waals surface area contributed by atoms with E-state index in [4.69, 9.17) is 31.8 Å². The Hall–Kier alpha value is -5.74. The number of benzene rings is 3. The highest BCUT2D eigenvalue weighted by Gasteiger charge is 2.25. The predicted octanol–water partition coefficient (Wildman–Crippen LogP) is 8.43. The van der Waals surface area contributed by atoms with Gasteiger partial charge in [0.05, 0.1) is 60.1 Å². The van der Waals surface area contributed by atoms with Crippen molar-refractivity contribution in [1.82, 2.24) is 0 Å². The number of carbonyl (C=O) groups excluding carboxylic acids is 4. The average molecular weight is 709 g/mol. The van der Waals surface area contributed by atoms with Gasteiger partial charge in [0.15, 0.2) is 0 Å². The first-order chi connectivity index (χ1) is 25.2. The number of anilines is 2. The molecule has 274 valence electrons. The van der Waals surface area contributed by atoms with Gasteiger partial charge in [-0.1, -0.05) is 64.2 Å². The maximum Gasteiger partial charge on any atom is 0.340 e. The molecule has 3 aromatic rings. The first-order valence-corrected chi connectivity index (χ1v) is 17.8. The Labute approximate surface area is 307 Å². The van der Waals surface area contributed by atoms with Gasteiger partial charge < -0.3 is 29.6 Å². The molecule has 0 fully saturated rings. The van der Waals surface area contributed by atoms with Crippen LogP contribution in [0.1, 0.15) is 132 Å². The monoisotopic (exact) mass is 708 g/mol. The summed E-state index contributed by atoms with van der Waals surface area (Å²) in [7, 11) is 0. The van der Waals surface area contributed by atoms with Crippen LogP contribution >= 0.6 is 0 Å². The number of carbonyl (C=O) groups is 4. The molecular formula is C42H48N2O8. The molecule has 0 bridgehead atoms. The van der Waals surface area contributed by atoms with E-state index in [1.807, 2.05) is 0 Å². The molecule has 0 saturated carbocycles. The standard InChI is InChI=1S/C42H48N2O8/c1-7-13-15-17-23-51-37-27-34(40(46)44-36-22-20-30(10-4)26-32(36)42(48)50-12-6)38(52-24-18-16-14-8-2)28-33(37)39(45)43-35-21-19-29(9-3)25-31(35)41(47)49-11-5/h3-4,19-22,25-28H,7-8,11-18,23-24H2,1-2,5-6H3,(H,43,45)(H,44,46). The molecule has 3 aromatic carbocycles. The van der Waals surface area contributed by atoms with Crippen LogP contribution in [0, 0.1) is 24.7 Å². The minimum absolute atomic E-state index is 0.0806. The Morgan fingerprint density at radius 3 is 1.31 bits per heavy atom. The summed E-state index contributed by atoms with van der Waals surface area (Å²) in [5.41, 5.74) is 1.57. The van der Waals surface area contributed by atoms with Gasteiger partial charge in [0.2, 0.25) is 0 Å².